The zero-order valence-electron chi connectivity index (χ0n) is 15.3. The fraction of sp³-hybridized carbons (Fsp3) is 0.364. The van der Waals surface area contributed by atoms with Crippen LogP contribution in [0.5, 0.6) is 0 Å². The third-order valence-corrected chi connectivity index (χ3v) is 5.04. The van der Waals surface area contributed by atoms with E-state index in [1.165, 1.54) is 35.1 Å². The van der Waals surface area contributed by atoms with Gasteiger partial charge in [-0.2, -0.15) is 5.10 Å². The molecule has 1 aliphatic carbocycles. The van der Waals surface area contributed by atoms with Crippen molar-refractivity contribution >= 4 is 0 Å². The Hall–Kier alpha value is -2.42. The Balaban J connectivity index is 1.69. The van der Waals surface area contributed by atoms with Crippen LogP contribution in [-0.4, -0.2) is 14.8 Å². The highest BCUT2D eigenvalue weighted by Crippen LogP contribution is 2.31. The van der Waals surface area contributed by atoms with Crippen LogP contribution in [-0.2, 0) is 13.0 Å². The van der Waals surface area contributed by atoms with Gasteiger partial charge < -0.3 is 0 Å². The Bertz CT molecular complexity index is 886. The molecule has 0 aliphatic heterocycles. The van der Waals surface area contributed by atoms with E-state index >= 15 is 0 Å². The molecule has 128 valence electrons. The topological polar surface area (TPSA) is 30.7 Å². The third-order valence-electron chi connectivity index (χ3n) is 5.04. The van der Waals surface area contributed by atoms with Gasteiger partial charge in [-0.3, -0.25) is 0 Å². The molecule has 0 N–H and O–H groups in total. The molecule has 0 unspecified atom stereocenters. The van der Waals surface area contributed by atoms with Gasteiger partial charge in [-0.25, -0.2) is 9.67 Å². The first-order valence-corrected chi connectivity index (χ1v) is 9.15. The van der Waals surface area contributed by atoms with E-state index in [1.54, 1.807) is 0 Å². The minimum Gasteiger partial charge on any atom is -0.249 e. The molecule has 0 bridgehead atoms. The molecule has 1 heterocycles. The largest absolute Gasteiger partial charge is 0.249 e. The van der Waals surface area contributed by atoms with Gasteiger partial charge in [0.05, 0.1) is 0 Å². The van der Waals surface area contributed by atoms with Gasteiger partial charge >= 0.3 is 0 Å². The summed E-state index contributed by atoms with van der Waals surface area (Å²) in [6.45, 7) is 7.43. The van der Waals surface area contributed by atoms with Crippen LogP contribution in [0.25, 0.3) is 11.4 Å². The molecule has 0 radical (unpaired) electrons. The summed E-state index contributed by atoms with van der Waals surface area (Å²) < 4.78 is 2.15. The molecule has 0 spiro atoms. The van der Waals surface area contributed by atoms with Gasteiger partial charge in [0.2, 0.25) is 0 Å². The second-order valence-electron chi connectivity index (χ2n) is 7.45. The molecule has 1 aromatic heterocycles. The lowest BCUT2D eigenvalue weighted by molar-refractivity contribution is 0.541. The number of hydrogen-bond donors (Lipinski definition) is 0. The first-order valence-electron chi connectivity index (χ1n) is 9.15. The van der Waals surface area contributed by atoms with Crippen molar-refractivity contribution < 1.29 is 0 Å². The summed E-state index contributed by atoms with van der Waals surface area (Å²) in [5.74, 6) is 2.71. The van der Waals surface area contributed by atoms with E-state index in [1.807, 2.05) is 0 Å². The second-order valence-corrected chi connectivity index (χ2v) is 7.45. The summed E-state index contributed by atoms with van der Waals surface area (Å²) in [5, 5.41) is 4.84. The highest BCUT2D eigenvalue weighted by atomic mass is 15.3. The molecule has 3 nitrogen and oxygen atoms in total. The Morgan fingerprint density at radius 3 is 2.40 bits per heavy atom. The van der Waals surface area contributed by atoms with Crippen molar-refractivity contribution in [1.29, 1.82) is 0 Å². The highest BCUT2D eigenvalue weighted by Gasteiger charge is 2.24. The summed E-state index contributed by atoms with van der Waals surface area (Å²) in [6, 6.07) is 15.1. The molecule has 1 aliphatic rings. The van der Waals surface area contributed by atoms with Gasteiger partial charge in [-0.15, -0.1) is 0 Å². The van der Waals surface area contributed by atoms with Crippen LogP contribution >= 0.6 is 0 Å². The molecule has 0 atom stereocenters. The van der Waals surface area contributed by atoms with Gasteiger partial charge in [-0.1, -0.05) is 53.6 Å². The van der Waals surface area contributed by atoms with Gasteiger partial charge in [0.15, 0.2) is 5.82 Å². The molecule has 0 saturated heterocycles. The van der Waals surface area contributed by atoms with Crippen LogP contribution in [0.1, 0.15) is 40.9 Å². The molecule has 3 aromatic rings. The lowest BCUT2D eigenvalue weighted by Crippen LogP contribution is -2.08. The van der Waals surface area contributed by atoms with E-state index in [0.717, 1.165) is 36.1 Å². The third kappa shape index (κ3) is 3.65. The van der Waals surface area contributed by atoms with Crippen molar-refractivity contribution in [2.45, 2.75) is 46.6 Å². The standard InChI is InChI=1S/C22H25N3/c1-15-5-10-19(11-6-15)22-23-21(25(24-22)14-18-8-9-18)13-20-12-16(2)4-7-17(20)3/h4-7,10-12,18H,8-9,13-14H2,1-3H3. The second kappa shape index (κ2) is 6.47. The van der Waals surface area contributed by atoms with E-state index in [-0.39, 0.29) is 0 Å². The van der Waals surface area contributed by atoms with E-state index in [4.69, 9.17) is 10.1 Å². The van der Waals surface area contributed by atoms with Crippen molar-refractivity contribution in [3.8, 4) is 11.4 Å². The number of benzene rings is 2. The van der Waals surface area contributed by atoms with Crippen LogP contribution in [0.3, 0.4) is 0 Å². The van der Waals surface area contributed by atoms with Crippen LogP contribution in [0.4, 0.5) is 0 Å². The van der Waals surface area contributed by atoms with E-state index in [0.29, 0.717) is 0 Å². The van der Waals surface area contributed by atoms with Crippen LogP contribution in [0, 0.1) is 26.7 Å². The van der Waals surface area contributed by atoms with Crippen LogP contribution in [0.15, 0.2) is 42.5 Å². The number of nitrogens with zero attached hydrogens (tertiary/aromatic N) is 3. The predicted octanol–water partition coefficient (Wildman–Crippen LogP) is 4.87. The lowest BCUT2D eigenvalue weighted by Gasteiger charge is -2.08. The molecule has 0 amide bonds. The monoisotopic (exact) mass is 331 g/mol. The smallest absolute Gasteiger partial charge is 0.181 e. The van der Waals surface area contributed by atoms with E-state index in [9.17, 15) is 0 Å². The summed E-state index contributed by atoms with van der Waals surface area (Å²) in [4.78, 5) is 4.91. The maximum Gasteiger partial charge on any atom is 0.181 e. The molecule has 2 aromatic carbocycles. The Kier molecular flexibility index (Phi) is 4.16. The first-order chi connectivity index (χ1) is 12.1. The Labute approximate surface area is 149 Å². The van der Waals surface area contributed by atoms with Crippen molar-refractivity contribution in [3.05, 3.63) is 70.5 Å². The average molecular weight is 331 g/mol. The first kappa shape index (κ1) is 16.1. The molecular formula is C22H25N3. The number of aryl methyl sites for hydroxylation is 3. The number of aromatic nitrogens is 3. The lowest BCUT2D eigenvalue weighted by atomic mass is 10.0. The van der Waals surface area contributed by atoms with Gasteiger partial charge in [-0.05, 0) is 50.7 Å². The minimum absolute atomic E-state index is 0.782. The van der Waals surface area contributed by atoms with Crippen molar-refractivity contribution in [2.24, 2.45) is 5.92 Å². The van der Waals surface area contributed by atoms with Crippen molar-refractivity contribution in [3.63, 3.8) is 0 Å². The fourth-order valence-corrected chi connectivity index (χ4v) is 3.18. The summed E-state index contributed by atoms with van der Waals surface area (Å²) in [6.07, 6.45) is 3.49. The van der Waals surface area contributed by atoms with Gasteiger partial charge in [0.1, 0.15) is 5.82 Å². The average Bonchev–Trinajstić information content (AvgIpc) is 3.32. The zero-order chi connectivity index (χ0) is 17.4. The molecule has 1 saturated carbocycles. The molecule has 25 heavy (non-hydrogen) atoms. The molecule has 1 fully saturated rings. The highest BCUT2D eigenvalue weighted by molar-refractivity contribution is 5.55. The van der Waals surface area contributed by atoms with Crippen molar-refractivity contribution in [1.82, 2.24) is 14.8 Å². The van der Waals surface area contributed by atoms with Crippen molar-refractivity contribution in [2.75, 3.05) is 0 Å². The zero-order valence-corrected chi connectivity index (χ0v) is 15.3. The number of rotatable bonds is 5. The van der Waals surface area contributed by atoms with E-state index < -0.39 is 0 Å². The van der Waals surface area contributed by atoms with Crippen LogP contribution < -0.4 is 0 Å². The number of hydrogen-bond acceptors (Lipinski definition) is 2. The molecular weight excluding hydrogens is 306 g/mol. The maximum atomic E-state index is 4.91. The molecule has 3 heteroatoms. The van der Waals surface area contributed by atoms with Crippen LogP contribution in [0.2, 0.25) is 0 Å². The Morgan fingerprint density at radius 1 is 0.960 bits per heavy atom. The summed E-state index contributed by atoms with van der Waals surface area (Å²) >= 11 is 0. The SMILES string of the molecule is Cc1ccc(-c2nc(Cc3cc(C)ccc3C)n(CC3CC3)n2)cc1. The van der Waals surface area contributed by atoms with Gasteiger partial charge in [0.25, 0.3) is 0 Å². The van der Waals surface area contributed by atoms with Gasteiger partial charge in [0, 0.05) is 18.5 Å². The normalized spacial score (nSPS) is 14.0. The minimum atomic E-state index is 0.782. The predicted molar refractivity (Wildman–Crippen MR) is 102 cm³/mol. The summed E-state index contributed by atoms with van der Waals surface area (Å²) in [7, 11) is 0. The molecule has 4 rings (SSSR count). The Morgan fingerprint density at radius 2 is 1.68 bits per heavy atom. The quantitative estimate of drug-likeness (QED) is 0.667. The maximum absolute atomic E-state index is 4.91. The fourth-order valence-electron chi connectivity index (χ4n) is 3.18. The summed E-state index contributed by atoms with van der Waals surface area (Å²) in [5.41, 5.74) is 6.33. The van der Waals surface area contributed by atoms with E-state index in [2.05, 4.69) is 67.9 Å².